The van der Waals surface area contributed by atoms with Crippen molar-refractivity contribution in [1.29, 1.82) is 0 Å². The van der Waals surface area contributed by atoms with Crippen molar-refractivity contribution in [2.45, 2.75) is 0 Å². The van der Waals surface area contributed by atoms with Crippen molar-refractivity contribution in [3.8, 4) is 0 Å². The van der Waals surface area contributed by atoms with Gasteiger partial charge in [-0.2, -0.15) is 0 Å². The second kappa shape index (κ2) is 1.60. The van der Waals surface area contributed by atoms with Crippen LogP contribution < -0.4 is 5.63 Å². The first-order valence-electron chi connectivity index (χ1n) is 1.77. The molecule has 0 saturated carbocycles. The van der Waals surface area contributed by atoms with Gasteiger partial charge in [0.15, 0.2) is 6.26 Å². The first-order chi connectivity index (χ1) is 3.39. The first-order valence-corrected chi connectivity index (χ1v) is 1.77. The molecule has 0 N–H and O–H groups in total. The Morgan fingerprint density at radius 3 is 2.86 bits per heavy atom. The van der Waals surface area contributed by atoms with Gasteiger partial charge in [0.05, 0.1) is 0 Å². The van der Waals surface area contributed by atoms with E-state index in [0.717, 1.165) is 0 Å². The van der Waals surface area contributed by atoms with Crippen molar-refractivity contribution < 1.29 is 4.42 Å². The molecule has 1 heterocycles. The maximum absolute atomic E-state index is 10.0. The minimum Gasteiger partial charge on any atom is -0.419 e. The van der Waals surface area contributed by atoms with E-state index in [1.165, 1.54) is 12.1 Å². The molecule has 0 bridgehead atoms. The van der Waals surface area contributed by atoms with Crippen LogP contribution in [0.25, 0.3) is 0 Å². The average molecular weight is 94.1 g/mol. The van der Waals surface area contributed by atoms with Gasteiger partial charge in [0.25, 0.3) is 0 Å². The summed E-state index contributed by atoms with van der Waals surface area (Å²) >= 11 is 0. The highest BCUT2D eigenvalue weighted by atomic mass is 16.4. The Kier molecular flexibility index (Phi) is 0.941. The lowest BCUT2D eigenvalue weighted by Crippen LogP contribution is -1.91. The highest BCUT2D eigenvalue weighted by molar-refractivity contribution is 4.81. The standard InChI is InChI=1S/C5H2O2/c6-5-3-1-2-4-7-5/h2-3H. The van der Waals surface area contributed by atoms with Crippen LogP contribution in [0.3, 0.4) is 0 Å². The average Bonchev–Trinajstić information content (AvgIpc) is 1.69. The van der Waals surface area contributed by atoms with E-state index < -0.39 is 5.63 Å². The van der Waals surface area contributed by atoms with E-state index in [9.17, 15) is 4.79 Å². The lowest BCUT2D eigenvalue weighted by Gasteiger charge is -1.69. The molecule has 34 valence electrons. The summed E-state index contributed by atoms with van der Waals surface area (Å²) in [6, 6.07) is 5.11. The fourth-order valence-electron chi connectivity index (χ4n) is 0.261. The monoisotopic (exact) mass is 94.0 g/mol. The van der Waals surface area contributed by atoms with Gasteiger partial charge in [0.1, 0.15) is 0 Å². The Morgan fingerprint density at radius 1 is 1.71 bits per heavy atom. The van der Waals surface area contributed by atoms with Crippen LogP contribution in [0.2, 0.25) is 0 Å². The van der Waals surface area contributed by atoms with Crippen molar-refractivity contribution in [2.75, 3.05) is 0 Å². The molecule has 0 amide bonds. The van der Waals surface area contributed by atoms with Gasteiger partial charge in [-0.3, -0.25) is 0 Å². The van der Waals surface area contributed by atoms with Gasteiger partial charge in [-0.1, -0.05) is 0 Å². The Hall–Kier alpha value is -1.05. The number of hydrogen-bond donors (Lipinski definition) is 0. The smallest absolute Gasteiger partial charge is 0.336 e. The van der Waals surface area contributed by atoms with E-state index in [1.807, 2.05) is 0 Å². The van der Waals surface area contributed by atoms with E-state index in [2.05, 4.69) is 16.7 Å². The van der Waals surface area contributed by atoms with E-state index in [1.54, 1.807) is 0 Å². The van der Waals surface area contributed by atoms with E-state index in [0.29, 0.717) is 0 Å². The van der Waals surface area contributed by atoms with Gasteiger partial charge in [-0.15, -0.1) is 0 Å². The summed E-state index contributed by atoms with van der Waals surface area (Å²) in [6.45, 7) is 0. The van der Waals surface area contributed by atoms with E-state index in [-0.39, 0.29) is 0 Å². The zero-order valence-electron chi connectivity index (χ0n) is 3.47. The molecule has 0 fully saturated rings. The normalized spacial score (nSPS) is 8.57. The molecule has 0 aliphatic rings. The second-order valence-electron chi connectivity index (χ2n) is 0.994. The van der Waals surface area contributed by atoms with E-state index >= 15 is 0 Å². The Bertz CT molecular complexity index is 172. The minimum absolute atomic E-state index is 0.414. The molecule has 1 aromatic rings. The zero-order chi connectivity index (χ0) is 5.11. The van der Waals surface area contributed by atoms with Gasteiger partial charge in [-0.25, -0.2) is 4.79 Å². The highest BCUT2D eigenvalue weighted by Crippen LogP contribution is 1.69. The molecular weight excluding hydrogens is 92.1 g/mol. The largest absolute Gasteiger partial charge is 0.419 e. The van der Waals surface area contributed by atoms with Crippen LogP contribution >= 0.6 is 0 Å². The van der Waals surface area contributed by atoms with Gasteiger partial charge in [0.2, 0.25) is 0 Å². The van der Waals surface area contributed by atoms with Crippen molar-refractivity contribution in [2.24, 2.45) is 0 Å². The molecule has 7 heavy (non-hydrogen) atoms. The highest BCUT2D eigenvalue weighted by Gasteiger charge is 1.74. The summed E-state index contributed by atoms with van der Waals surface area (Å²) in [5.41, 5.74) is -0.414. The number of hydrogen-bond acceptors (Lipinski definition) is 2. The van der Waals surface area contributed by atoms with Crippen LogP contribution in [-0.2, 0) is 0 Å². The topological polar surface area (TPSA) is 30.2 Å². The Labute approximate surface area is 40.4 Å². The fourth-order valence-corrected chi connectivity index (χ4v) is 0.261. The summed E-state index contributed by atoms with van der Waals surface area (Å²) in [7, 11) is 0. The molecule has 2 nitrogen and oxygen atoms in total. The van der Waals surface area contributed by atoms with Crippen molar-refractivity contribution in [3.63, 3.8) is 0 Å². The quantitative estimate of drug-likeness (QED) is 0.461. The Balaban J connectivity index is 3.28. The third-order valence-corrected chi connectivity index (χ3v) is 0.503. The van der Waals surface area contributed by atoms with Gasteiger partial charge < -0.3 is 4.42 Å². The molecule has 0 aliphatic carbocycles. The van der Waals surface area contributed by atoms with Crippen molar-refractivity contribution >= 4 is 0 Å². The van der Waals surface area contributed by atoms with Crippen LogP contribution in [0.1, 0.15) is 0 Å². The molecule has 0 unspecified atom stereocenters. The molecule has 0 saturated heterocycles. The third kappa shape index (κ3) is 0.892. The summed E-state index contributed by atoms with van der Waals surface area (Å²) in [5, 5.41) is 0. The van der Waals surface area contributed by atoms with E-state index in [4.69, 9.17) is 0 Å². The molecule has 0 aliphatic heterocycles. The maximum atomic E-state index is 10.0. The number of rotatable bonds is 0. The molecule has 0 spiro atoms. The molecule has 1 rings (SSSR count). The van der Waals surface area contributed by atoms with Crippen LogP contribution in [0, 0.1) is 12.3 Å². The summed E-state index contributed by atoms with van der Waals surface area (Å²) in [4.78, 5) is 10.0. The van der Waals surface area contributed by atoms with Crippen molar-refractivity contribution in [1.82, 2.24) is 0 Å². The maximum Gasteiger partial charge on any atom is 0.336 e. The molecule has 0 atom stereocenters. The lowest BCUT2D eigenvalue weighted by molar-refractivity contribution is 0.501. The van der Waals surface area contributed by atoms with Gasteiger partial charge >= 0.3 is 5.63 Å². The zero-order valence-corrected chi connectivity index (χ0v) is 3.47. The van der Waals surface area contributed by atoms with Crippen molar-refractivity contribution in [3.05, 3.63) is 34.9 Å². The Morgan fingerprint density at radius 2 is 2.57 bits per heavy atom. The minimum atomic E-state index is -0.414. The second-order valence-corrected chi connectivity index (χ2v) is 0.994. The SMILES string of the molecule is O=c1c[c]c[c]o1. The molecule has 2 radical (unpaired) electrons. The predicted molar refractivity (Wildman–Crippen MR) is 22.6 cm³/mol. The lowest BCUT2D eigenvalue weighted by atomic mass is 10.5. The summed E-state index contributed by atoms with van der Waals surface area (Å²) < 4.78 is 4.22. The van der Waals surface area contributed by atoms with Gasteiger partial charge in [0, 0.05) is 6.07 Å². The molecule has 0 aromatic carbocycles. The molecule has 2 heteroatoms. The van der Waals surface area contributed by atoms with Crippen LogP contribution in [-0.4, -0.2) is 0 Å². The van der Waals surface area contributed by atoms with Crippen LogP contribution in [0.5, 0.6) is 0 Å². The summed E-state index contributed by atoms with van der Waals surface area (Å²) in [5.74, 6) is 0. The third-order valence-electron chi connectivity index (χ3n) is 0.503. The summed E-state index contributed by atoms with van der Waals surface area (Å²) in [6.07, 6.45) is 2.22. The fraction of sp³-hybridized carbons (Fsp3) is 0. The first kappa shape index (κ1) is 4.12. The molecule has 1 aromatic heterocycles. The predicted octanol–water partition coefficient (Wildman–Crippen LogP) is 0.240. The molecular formula is C5H2O2. The van der Waals surface area contributed by atoms with Crippen LogP contribution in [0.4, 0.5) is 0 Å². The van der Waals surface area contributed by atoms with Crippen LogP contribution in [0.15, 0.2) is 21.3 Å². The van der Waals surface area contributed by atoms with Gasteiger partial charge in [-0.05, 0) is 12.1 Å².